The van der Waals surface area contributed by atoms with E-state index in [1.807, 2.05) is 30.3 Å². The molecule has 0 aliphatic rings. The number of anilines is 1. The van der Waals surface area contributed by atoms with Gasteiger partial charge in [-0.25, -0.2) is 0 Å². The Morgan fingerprint density at radius 2 is 1.79 bits per heavy atom. The minimum absolute atomic E-state index is 0.680. The maximum absolute atomic E-state index is 4.32. The zero-order valence-electron chi connectivity index (χ0n) is 10.0. The van der Waals surface area contributed by atoms with Crippen LogP contribution in [0.2, 0.25) is 0 Å². The molecule has 0 radical (unpaired) electrons. The summed E-state index contributed by atoms with van der Waals surface area (Å²) in [4.78, 5) is 12.8. The number of hydrogen-bond donors (Lipinski definition) is 1. The standard InChI is InChI=1S/C14H11BrN4/c15-10-1-2-12(18-8-10)9-19-11-3-4-13-14(7-11)17-6-5-16-13/h1-8,19H,9H2. The van der Waals surface area contributed by atoms with E-state index < -0.39 is 0 Å². The van der Waals surface area contributed by atoms with Crippen LogP contribution in [0.25, 0.3) is 11.0 Å². The minimum atomic E-state index is 0.680. The average molecular weight is 315 g/mol. The second-order valence-electron chi connectivity index (χ2n) is 4.08. The summed E-state index contributed by atoms with van der Waals surface area (Å²) in [7, 11) is 0. The fourth-order valence-electron chi connectivity index (χ4n) is 1.78. The lowest BCUT2D eigenvalue weighted by atomic mass is 10.2. The second kappa shape index (κ2) is 5.32. The van der Waals surface area contributed by atoms with Crippen molar-refractivity contribution in [1.29, 1.82) is 0 Å². The lowest BCUT2D eigenvalue weighted by Gasteiger charge is -2.06. The molecule has 3 aromatic rings. The highest BCUT2D eigenvalue weighted by Crippen LogP contribution is 2.16. The van der Waals surface area contributed by atoms with E-state index in [0.29, 0.717) is 6.54 Å². The van der Waals surface area contributed by atoms with Crippen LogP contribution in [0.5, 0.6) is 0 Å². The van der Waals surface area contributed by atoms with Gasteiger partial charge in [0.15, 0.2) is 0 Å². The summed E-state index contributed by atoms with van der Waals surface area (Å²) in [6, 6.07) is 9.91. The van der Waals surface area contributed by atoms with Crippen molar-refractivity contribution in [3.63, 3.8) is 0 Å². The first-order chi connectivity index (χ1) is 9.31. The summed E-state index contributed by atoms with van der Waals surface area (Å²) in [5.74, 6) is 0. The predicted octanol–water partition coefficient (Wildman–Crippen LogP) is 3.40. The highest BCUT2D eigenvalue weighted by molar-refractivity contribution is 9.10. The van der Waals surface area contributed by atoms with E-state index in [0.717, 1.165) is 26.9 Å². The summed E-state index contributed by atoms with van der Waals surface area (Å²) in [5.41, 5.74) is 3.78. The fourth-order valence-corrected chi connectivity index (χ4v) is 2.01. The summed E-state index contributed by atoms with van der Waals surface area (Å²) < 4.78 is 0.984. The third-order valence-corrected chi connectivity index (χ3v) is 3.20. The predicted molar refractivity (Wildman–Crippen MR) is 78.8 cm³/mol. The van der Waals surface area contributed by atoms with Crippen molar-refractivity contribution >= 4 is 32.7 Å². The molecule has 0 aliphatic heterocycles. The fraction of sp³-hybridized carbons (Fsp3) is 0.0714. The number of aromatic nitrogens is 3. The molecule has 0 fully saturated rings. The van der Waals surface area contributed by atoms with Gasteiger partial charge < -0.3 is 5.32 Å². The molecule has 94 valence electrons. The zero-order valence-corrected chi connectivity index (χ0v) is 11.6. The van der Waals surface area contributed by atoms with Gasteiger partial charge in [0, 0.05) is 28.8 Å². The Morgan fingerprint density at radius 3 is 2.58 bits per heavy atom. The van der Waals surface area contributed by atoms with Crippen molar-refractivity contribution in [1.82, 2.24) is 15.0 Å². The molecule has 0 atom stereocenters. The van der Waals surface area contributed by atoms with Crippen molar-refractivity contribution in [2.24, 2.45) is 0 Å². The maximum atomic E-state index is 4.32. The van der Waals surface area contributed by atoms with E-state index >= 15 is 0 Å². The second-order valence-corrected chi connectivity index (χ2v) is 5.00. The van der Waals surface area contributed by atoms with E-state index in [2.05, 4.69) is 36.2 Å². The number of hydrogen-bond acceptors (Lipinski definition) is 4. The Bertz CT molecular complexity index is 697. The molecule has 19 heavy (non-hydrogen) atoms. The zero-order chi connectivity index (χ0) is 13.1. The van der Waals surface area contributed by atoms with Gasteiger partial charge in [-0.05, 0) is 46.3 Å². The van der Waals surface area contributed by atoms with E-state index in [1.54, 1.807) is 18.6 Å². The number of rotatable bonds is 3. The van der Waals surface area contributed by atoms with Gasteiger partial charge in [-0.2, -0.15) is 0 Å². The minimum Gasteiger partial charge on any atom is -0.379 e. The molecule has 5 heteroatoms. The van der Waals surface area contributed by atoms with Crippen molar-refractivity contribution < 1.29 is 0 Å². The van der Waals surface area contributed by atoms with Crippen LogP contribution >= 0.6 is 15.9 Å². The van der Waals surface area contributed by atoms with Gasteiger partial charge in [0.1, 0.15) is 0 Å². The highest BCUT2D eigenvalue weighted by Gasteiger charge is 1.99. The summed E-state index contributed by atoms with van der Waals surface area (Å²) in [6.45, 7) is 0.680. The van der Waals surface area contributed by atoms with Gasteiger partial charge in [0.25, 0.3) is 0 Å². The summed E-state index contributed by atoms with van der Waals surface area (Å²) in [5, 5.41) is 3.33. The van der Waals surface area contributed by atoms with Crippen molar-refractivity contribution in [2.75, 3.05) is 5.32 Å². The number of halogens is 1. The van der Waals surface area contributed by atoms with Crippen LogP contribution in [0.3, 0.4) is 0 Å². The number of fused-ring (bicyclic) bond motifs is 1. The summed E-state index contributed by atoms with van der Waals surface area (Å²) >= 11 is 3.37. The SMILES string of the molecule is Brc1ccc(CNc2ccc3nccnc3c2)nc1. The van der Waals surface area contributed by atoms with Crippen LogP contribution in [0, 0.1) is 0 Å². The molecule has 0 saturated carbocycles. The number of benzene rings is 1. The Balaban J connectivity index is 1.76. The van der Waals surface area contributed by atoms with E-state index in [4.69, 9.17) is 0 Å². The molecule has 2 aromatic heterocycles. The molecule has 3 rings (SSSR count). The lowest BCUT2D eigenvalue weighted by molar-refractivity contribution is 1.04. The maximum Gasteiger partial charge on any atom is 0.0907 e. The highest BCUT2D eigenvalue weighted by atomic mass is 79.9. The van der Waals surface area contributed by atoms with Gasteiger partial charge in [0.2, 0.25) is 0 Å². The smallest absolute Gasteiger partial charge is 0.0907 e. The molecule has 0 unspecified atom stereocenters. The van der Waals surface area contributed by atoms with Crippen molar-refractivity contribution in [3.05, 3.63) is 59.1 Å². The largest absolute Gasteiger partial charge is 0.379 e. The molecule has 1 N–H and O–H groups in total. The molecule has 0 aliphatic carbocycles. The number of nitrogens with zero attached hydrogens (tertiary/aromatic N) is 3. The van der Waals surface area contributed by atoms with E-state index in [-0.39, 0.29) is 0 Å². The van der Waals surface area contributed by atoms with Crippen molar-refractivity contribution in [3.8, 4) is 0 Å². The molecule has 4 nitrogen and oxygen atoms in total. The third-order valence-electron chi connectivity index (χ3n) is 2.73. The van der Waals surface area contributed by atoms with Gasteiger partial charge in [-0.3, -0.25) is 15.0 Å². The van der Waals surface area contributed by atoms with Crippen molar-refractivity contribution in [2.45, 2.75) is 6.54 Å². The third kappa shape index (κ3) is 2.88. The normalized spacial score (nSPS) is 10.6. The van der Waals surface area contributed by atoms with Crippen LogP contribution in [0.15, 0.2) is 53.4 Å². The molecule has 0 amide bonds. The van der Waals surface area contributed by atoms with Gasteiger partial charge in [0.05, 0.1) is 23.3 Å². The quantitative estimate of drug-likeness (QED) is 0.805. The average Bonchev–Trinajstić information content (AvgIpc) is 2.46. The van der Waals surface area contributed by atoms with Crippen LogP contribution in [-0.4, -0.2) is 15.0 Å². The Kier molecular flexibility index (Phi) is 3.37. The lowest BCUT2D eigenvalue weighted by Crippen LogP contribution is -2.01. The first-order valence-electron chi connectivity index (χ1n) is 5.86. The van der Waals surface area contributed by atoms with Crippen LogP contribution in [0.1, 0.15) is 5.69 Å². The Labute approximate surface area is 119 Å². The number of pyridine rings is 1. The molecule has 0 saturated heterocycles. The molecule has 0 spiro atoms. The number of nitrogens with one attached hydrogen (secondary N) is 1. The molecular formula is C14H11BrN4. The molecule has 0 bridgehead atoms. The van der Waals surface area contributed by atoms with E-state index in [1.165, 1.54) is 0 Å². The topological polar surface area (TPSA) is 50.7 Å². The first kappa shape index (κ1) is 12.0. The molecule has 1 aromatic carbocycles. The van der Waals surface area contributed by atoms with Gasteiger partial charge in [-0.15, -0.1) is 0 Å². The van der Waals surface area contributed by atoms with Crippen LogP contribution in [0.4, 0.5) is 5.69 Å². The monoisotopic (exact) mass is 314 g/mol. The Morgan fingerprint density at radius 1 is 0.947 bits per heavy atom. The molecular weight excluding hydrogens is 304 g/mol. The van der Waals surface area contributed by atoms with E-state index in [9.17, 15) is 0 Å². The van der Waals surface area contributed by atoms with Crippen LogP contribution in [-0.2, 0) is 6.54 Å². The first-order valence-corrected chi connectivity index (χ1v) is 6.66. The van der Waals surface area contributed by atoms with Gasteiger partial charge >= 0.3 is 0 Å². The van der Waals surface area contributed by atoms with Gasteiger partial charge in [-0.1, -0.05) is 0 Å². The van der Waals surface area contributed by atoms with Crippen LogP contribution < -0.4 is 5.32 Å². The summed E-state index contributed by atoms with van der Waals surface area (Å²) in [6.07, 6.45) is 5.19. The Hall–Kier alpha value is -2.01. The molecule has 2 heterocycles.